The van der Waals surface area contributed by atoms with Crippen molar-refractivity contribution in [3.8, 4) is 5.75 Å². The molecule has 112 valence electrons. The fourth-order valence-corrected chi connectivity index (χ4v) is 2.91. The van der Waals surface area contributed by atoms with Crippen LogP contribution in [0.1, 0.15) is 43.7 Å². The minimum absolute atomic E-state index is 0.0462. The summed E-state index contributed by atoms with van der Waals surface area (Å²) in [5.74, 6) is 0.184. The van der Waals surface area contributed by atoms with E-state index in [-0.39, 0.29) is 11.7 Å². The third-order valence-corrected chi connectivity index (χ3v) is 3.99. The average molecular weight is 285 g/mol. The predicted molar refractivity (Wildman–Crippen MR) is 72.6 cm³/mol. The van der Waals surface area contributed by atoms with Gasteiger partial charge in [0.25, 0.3) is 0 Å². The number of aliphatic hydroxyl groups excluding tert-OH is 1. The zero-order valence-corrected chi connectivity index (χ0v) is 11.3. The highest BCUT2D eigenvalue weighted by molar-refractivity contribution is 5.36. The van der Waals surface area contributed by atoms with Crippen molar-refractivity contribution in [2.75, 3.05) is 0 Å². The monoisotopic (exact) mass is 285 g/mol. The highest BCUT2D eigenvalue weighted by Crippen LogP contribution is 2.34. The standard InChI is InChI=1S/C15H21F2NO2/c16-15(17)20-12-9-5-4-8-11(12)13(18)14(19)10-6-2-1-3-7-10/h4-5,8-10,13-15,19H,1-3,6-7,18H2/t13-,14+/m0/s1. The van der Waals surface area contributed by atoms with Gasteiger partial charge >= 0.3 is 6.61 Å². The molecule has 0 bridgehead atoms. The number of hydrogen-bond donors (Lipinski definition) is 2. The van der Waals surface area contributed by atoms with Gasteiger partial charge in [-0.15, -0.1) is 0 Å². The lowest BCUT2D eigenvalue weighted by Gasteiger charge is -2.31. The first-order chi connectivity index (χ1) is 9.59. The van der Waals surface area contributed by atoms with E-state index >= 15 is 0 Å². The number of benzene rings is 1. The lowest BCUT2D eigenvalue weighted by molar-refractivity contribution is -0.0513. The Labute approximate surface area is 117 Å². The molecule has 0 radical (unpaired) electrons. The lowest BCUT2D eigenvalue weighted by Crippen LogP contribution is -2.34. The summed E-state index contributed by atoms with van der Waals surface area (Å²) >= 11 is 0. The molecule has 0 aromatic heterocycles. The minimum Gasteiger partial charge on any atom is -0.434 e. The van der Waals surface area contributed by atoms with Crippen molar-refractivity contribution in [1.82, 2.24) is 0 Å². The first-order valence-corrected chi connectivity index (χ1v) is 7.07. The van der Waals surface area contributed by atoms with E-state index in [1.54, 1.807) is 18.2 Å². The Morgan fingerprint density at radius 1 is 1.15 bits per heavy atom. The van der Waals surface area contributed by atoms with Crippen LogP contribution in [0.4, 0.5) is 8.78 Å². The molecular weight excluding hydrogens is 264 g/mol. The van der Waals surface area contributed by atoms with Crippen molar-refractivity contribution in [1.29, 1.82) is 0 Å². The van der Waals surface area contributed by atoms with Crippen molar-refractivity contribution >= 4 is 0 Å². The molecule has 2 atom stereocenters. The summed E-state index contributed by atoms with van der Waals surface area (Å²) in [6.45, 7) is -2.89. The van der Waals surface area contributed by atoms with E-state index in [0.29, 0.717) is 5.56 Å². The molecular formula is C15H21F2NO2. The number of halogens is 2. The molecule has 1 aliphatic carbocycles. The molecule has 0 saturated heterocycles. The Morgan fingerprint density at radius 2 is 1.80 bits per heavy atom. The fraction of sp³-hybridized carbons (Fsp3) is 0.600. The Morgan fingerprint density at radius 3 is 2.45 bits per heavy atom. The topological polar surface area (TPSA) is 55.5 Å². The Hall–Kier alpha value is -1.20. The van der Waals surface area contributed by atoms with E-state index in [4.69, 9.17) is 5.73 Å². The van der Waals surface area contributed by atoms with Crippen LogP contribution in [0.2, 0.25) is 0 Å². The Balaban J connectivity index is 2.12. The third-order valence-electron chi connectivity index (χ3n) is 3.99. The van der Waals surface area contributed by atoms with Gasteiger partial charge in [0.15, 0.2) is 0 Å². The van der Waals surface area contributed by atoms with Gasteiger partial charge in [-0.05, 0) is 24.8 Å². The normalized spacial score (nSPS) is 19.9. The van der Waals surface area contributed by atoms with Crippen molar-refractivity contribution in [2.45, 2.75) is 50.9 Å². The predicted octanol–water partition coefficient (Wildman–Crippen LogP) is 3.23. The number of nitrogens with two attached hydrogens (primary N) is 1. The third kappa shape index (κ3) is 3.67. The molecule has 0 aliphatic heterocycles. The molecule has 20 heavy (non-hydrogen) atoms. The van der Waals surface area contributed by atoms with Gasteiger partial charge in [-0.2, -0.15) is 8.78 Å². The number of rotatable bonds is 5. The van der Waals surface area contributed by atoms with Crippen LogP contribution in [0.5, 0.6) is 5.75 Å². The molecule has 1 saturated carbocycles. The summed E-state index contributed by atoms with van der Waals surface area (Å²) < 4.78 is 29.3. The lowest BCUT2D eigenvalue weighted by atomic mass is 9.81. The molecule has 1 fully saturated rings. The average Bonchev–Trinajstić information content (AvgIpc) is 2.46. The van der Waals surface area contributed by atoms with Crippen molar-refractivity contribution in [2.24, 2.45) is 11.7 Å². The van der Waals surface area contributed by atoms with Gasteiger partial charge < -0.3 is 15.6 Å². The van der Waals surface area contributed by atoms with Crippen LogP contribution in [0, 0.1) is 5.92 Å². The number of aliphatic hydroxyl groups is 1. The molecule has 2 rings (SSSR count). The second-order valence-electron chi connectivity index (χ2n) is 5.33. The highest BCUT2D eigenvalue weighted by Gasteiger charge is 2.29. The largest absolute Gasteiger partial charge is 0.434 e. The van der Waals surface area contributed by atoms with E-state index in [0.717, 1.165) is 25.7 Å². The first-order valence-electron chi connectivity index (χ1n) is 7.07. The molecule has 5 heteroatoms. The van der Waals surface area contributed by atoms with E-state index in [1.165, 1.54) is 12.5 Å². The van der Waals surface area contributed by atoms with Crippen LogP contribution in [-0.4, -0.2) is 17.8 Å². The van der Waals surface area contributed by atoms with Gasteiger partial charge in [0.05, 0.1) is 12.1 Å². The van der Waals surface area contributed by atoms with Crippen LogP contribution in [0.15, 0.2) is 24.3 Å². The van der Waals surface area contributed by atoms with E-state index in [1.807, 2.05) is 0 Å². The SMILES string of the molecule is N[C@@H](c1ccccc1OC(F)F)[C@H](O)C1CCCCC1. The van der Waals surface area contributed by atoms with E-state index in [2.05, 4.69) is 4.74 Å². The maximum atomic E-state index is 12.4. The molecule has 0 unspecified atom stereocenters. The number of ether oxygens (including phenoxy) is 1. The number of alkyl halides is 2. The quantitative estimate of drug-likeness (QED) is 0.873. The van der Waals surface area contributed by atoms with Gasteiger partial charge in [0.1, 0.15) is 5.75 Å². The summed E-state index contributed by atoms with van der Waals surface area (Å²) in [5, 5.41) is 10.4. The summed E-state index contributed by atoms with van der Waals surface area (Å²) in [4.78, 5) is 0. The molecule has 0 heterocycles. The van der Waals surface area contributed by atoms with Crippen LogP contribution in [-0.2, 0) is 0 Å². The van der Waals surface area contributed by atoms with Crippen LogP contribution in [0.25, 0.3) is 0 Å². The summed E-state index contributed by atoms with van der Waals surface area (Å²) in [6.07, 6.45) is 4.51. The molecule has 0 spiro atoms. The van der Waals surface area contributed by atoms with Gasteiger partial charge in [-0.1, -0.05) is 37.5 Å². The molecule has 3 N–H and O–H groups in total. The highest BCUT2D eigenvalue weighted by atomic mass is 19.3. The van der Waals surface area contributed by atoms with Crippen molar-refractivity contribution in [3.63, 3.8) is 0 Å². The maximum Gasteiger partial charge on any atom is 0.387 e. The summed E-state index contributed by atoms with van der Waals surface area (Å²) in [6, 6.07) is 5.71. The molecule has 0 amide bonds. The van der Waals surface area contributed by atoms with Gasteiger partial charge in [-0.25, -0.2) is 0 Å². The minimum atomic E-state index is -2.89. The molecule has 3 nitrogen and oxygen atoms in total. The molecule has 1 aromatic carbocycles. The number of para-hydroxylation sites is 1. The summed E-state index contributed by atoms with van der Waals surface area (Å²) in [5.41, 5.74) is 6.51. The van der Waals surface area contributed by atoms with E-state index in [9.17, 15) is 13.9 Å². The van der Waals surface area contributed by atoms with Crippen molar-refractivity contribution < 1.29 is 18.6 Å². The fourth-order valence-electron chi connectivity index (χ4n) is 2.91. The second kappa shape index (κ2) is 6.99. The zero-order chi connectivity index (χ0) is 14.5. The molecule has 1 aromatic rings. The van der Waals surface area contributed by atoms with Crippen LogP contribution >= 0.6 is 0 Å². The first kappa shape index (κ1) is 15.2. The van der Waals surface area contributed by atoms with Gasteiger partial charge in [0, 0.05) is 5.56 Å². The molecule has 1 aliphatic rings. The van der Waals surface area contributed by atoms with E-state index < -0.39 is 18.8 Å². The van der Waals surface area contributed by atoms with Gasteiger partial charge in [0.2, 0.25) is 0 Å². The zero-order valence-electron chi connectivity index (χ0n) is 11.3. The number of hydrogen-bond acceptors (Lipinski definition) is 3. The van der Waals surface area contributed by atoms with Crippen LogP contribution in [0.3, 0.4) is 0 Å². The van der Waals surface area contributed by atoms with Crippen molar-refractivity contribution in [3.05, 3.63) is 29.8 Å². The summed E-state index contributed by atoms with van der Waals surface area (Å²) in [7, 11) is 0. The second-order valence-corrected chi connectivity index (χ2v) is 5.33. The van der Waals surface area contributed by atoms with Crippen LogP contribution < -0.4 is 10.5 Å². The van der Waals surface area contributed by atoms with Gasteiger partial charge in [-0.3, -0.25) is 0 Å². The maximum absolute atomic E-state index is 12.4. The Kier molecular flexibility index (Phi) is 5.31. The Bertz CT molecular complexity index is 422. The smallest absolute Gasteiger partial charge is 0.387 e.